The molecule has 0 aromatic carbocycles. The van der Waals surface area contributed by atoms with Gasteiger partial charge in [0, 0.05) is 25.7 Å². The lowest BCUT2D eigenvalue weighted by Gasteiger charge is -2.39. The molecule has 0 aliphatic carbocycles. The minimum atomic E-state index is -0.520. The van der Waals surface area contributed by atoms with Gasteiger partial charge < -0.3 is 9.80 Å². The lowest BCUT2D eigenvalue weighted by atomic mass is 10.2. The Morgan fingerprint density at radius 1 is 1.35 bits per heavy atom. The second-order valence-electron chi connectivity index (χ2n) is 4.50. The first-order chi connectivity index (χ1) is 7.99. The highest BCUT2D eigenvalue weighted by Gasteiger charge is 2.26. The molecule has 0 radical (unpaired) electrons. The van der Waals surface area contributed by atoms with Crippen LogP contribution in [-0.2, 0) is 0 Å². The summed E-state index contributed by atoms with van der Waals surface area (Å²) < 4.78 is 13.9. The summed E-state index contributed by atoms with van der Waals surface area (Å²) in [5, 5.41) is -0.0985. The van der Waals surface area contributed by atoms with Crippen LogP contribution in [0.15, 0.2) is 0 Å². The second-order valence-corrected chi connectivity index (χ2v) is 4.86. The average molecular weight is 259 g/mol. The third kappa shape index (κ3) is 2.50. The van der Waals surface area contributed by atoms with Crippen molar-refractivity contribution in [2.45, 2.75) is 19.9 Å². The summed E-state index contributed by atoms with van der Waals surface area (Å²) in [5.74, 6) is 0.300. The van der Waals surface area contributed by atoms with Gasteiger partial charge in [-0.05, 0) is 20.9 Å². The summed E-state index contributed by atoms with van der Waals surface area (Å²) in [7, 11) is 2.06. The van der Waals surface area contributed by atoms with E-state index in [0.717, 1.165) is 19.6 Å². The number of likely N-dealkylation sites (N-methyl/N-ethyl adjacent to an activating group) is 1. The first-order valence-electron chi connectivity index (χ1n) is 5.64. The molecule has 2 heterocycles. The van der Waals surface area contributed by atoms with Crippen molar-refractivity contribution in [1.29, 1.82) is 0 Å². The van der Waals surface area contributed by atoms with E-state index in [-0.39, 0.29) is 11.2 Å². The molecule has 0 spiro atoms. The molecular formula is C11H16ClFN4. The predicted molar refractivity (Wildman–Crippen MR) is 66.0 cm³/mol. The van der Waals surface area contributed by atoms with Gasteiger partial charge >= 0.3 is 0 Å². The van der Waals surface area contributed by atoms with Crippen molar-refractivity contribution < 1.29 is 4.39 Å². The smallest absolute Gasteiger partial charge is 0.202 e. The highest BCUT2D eigenvalue weighted by Crippen LogP contribution is 2.25. The molecule has 1 unspecified atom stereocenters. The largest absolute Gasteiger partial charge is 0.349 e. The zero-order chi connectivity index (χ0) is 12.6. The molecule has 0 saturated carbocycles. The summed E-state index contributed by atoms with van der Waals surface area (Å²) in [5.41, 5.74) is 0. The van der Waals surface area contributed by atoms with Crippen LogP contribution in [0, 0.1) is 12.7 Å². The summed E-state index contributed by atoms with van der Waals surface area (Å²) in [4.78, 5) is 12.2. The predicted octanol–water partition coefficient (Wildman–Crippen LogP) is 1.72. The van der Waals surface area contributed by atoms with Crippen LogP contribution in [0.1, 0.15) is 12.7 Å². The molecule has 2 rings (SSSR count). The SMILES string of the molecule is Cc1nc(Cl)c(F)c(N2CCN(C)CC2C)n1. The van der Waals surface area contributed by atoms with Crippen molar-refractivity contribution in [3.05, 3.63) is 16.8 Å². The van der Waals surface area contributed by atoms with E-state index >= 15 is 0 Å². The summed E-state index contributed by atoms with van der Waals surface area (Å²) in [6.07, 6.45) is 0. The molecule has 1 aromatic rings. The Labute approximate surface area is 105 Å². The van der Waals surface area contributed by atoms with Crippen LogP contribution in [0.4, 0.5) is 10.2 Å². The molecule has 1 saturated heterocycles. The maximum atomic E-state index is 13.9. The van der Waals surface area contributed by atoms with Crippen LogP contribution in [0.3, 0.4) is 0 Å². The van der Waals surface area contributed by atoms with E-state index in [4.69, 9.17) is 11.6 Å². The molecule has 17 heavy (non-hydrogen) atoms. The van der Waals surface area contributed by atoms with Crippen molar-refractivity contribution in [2.75, 3.05) is 31.6 Å². The number of anilines is 1. The number of hydrogen-bond donors (Lipinski definition) is 0. The van der Waals surface area contributed by atoms with Gasteiger partial charge in [-0.3, -0.25) is 0 Å². The Hall–Kier alpha value is -0.940. The van der Waals surface area contributed by atoms with E-state index in [9.17, 15) is 4.39 Å². The maximum Gasteiger partial charge on any atom is 0.202 e. The number of aryl methyl sites for hydroxylation is 1. The van der Waals surface area contributed by atoms with Gasteiger partial charge in [0.2, 0.25) is 5.82 Å². The van der Waals surface area contributed by atoms with Crippen molar-refractivity contribution in [3.63, 3.8) is 0 Å². The molecule has 1 aromatic heterocycles. The van der Waals surface area contributed by atoms with E-state index in [1.165, 1.54) is 0 Å². The van der Waals surface area contributed by atoms with Gasteiger partial charge in [0.05, 0.1) is 0 Å². The zero-order valence-electron chi connectivity index (χ0n) is 10.2. The maximum absolute atomic E-state index is 13.9. The van der Waals surface area contributed by atoms with Crippen molar-refractivity contribution >= 4 is 17.4 Å². The van der Waals surface area contributed by atoms with E-state index in [2.05, 4.69) is 28.8 Å². The van der Waals surface area contributed by atoms with Gasteiger partial charge in [0.1, 0.15) is 5.82 Å². The molecule has 0 amide bonds. The Kier molecular flexibility index (Phi) is 3.49. The number of aromatic nitrogens is 2. The standard InChI is InChI=1S/C11H16ClFN4/c1-7-6-16(3)4-5-17(7)11-9(13)10(12)14-8(2)15-11/h7H,4-6H2,1-3H3. The fourth-order valence-electron chi connectivity index (χ4n) is 2.16. The lowest BCUT2D eigenvalue weighted by molar-refractivity contribution is 0.273. The molecular weight excluding hydrogens is 243 g/mol. The average Bonchev–Trinajstić information content (AvgIpc) is 2.24. The molecule has 0 bridgehead atoms. The quantitative estimate of drug-likeness (QED) is 0.718. The highest BCUT2D eigenvalue weighted by atomic mass is 35.5. The number of rotatable bonds is 1. The first kappa shape index (κ1) is 12.5. The Balaban J connectivity index is 2.33. The van der Waals surface area contributed by atoms with Gasteiger partial charge in [-0.15, -0.1) is 0 Å². The van der Waals surface area contributed by atoms with Crippen LogP contribution in [0.2, 0.25) is 5.15 Å². The van der Waals surface area contributed by atoms with Crippen LogP contribution < -0.4 is 4.90 Å². The van der Waals surface area contributed by atoms with Gasteiger partial charge in [-0.1, -0.05) is 11.6 Å². The third-order valence-electron chi connectivity index (χ3n) is 3.01. The minimum Gasteiger partial charge on any atom is -0.349 e. The van der Waals surface area contributed by atoms with Gasteiger partial charge in [-0.2, -0.15) is 4.39 Å². The van der Waals surface area contributed by atoms with Gasteiger partial charge in [-0.25, -0.2) is 9.97 Å². The molecule has 94 valence electrons. The van der Waals surface area contributed by atoms with Crippen molar-refractivity contribution in [2.24, 2.45) is 0 Å². The fraction of sp³-hybridized carbons (Fsp3) is 0.636. The fourth-order valence-corrected chi connectivity index (χ4v) is 2.36. The Bertz CT molecular complexity index is 426. The molecule has 1 fully saturated rings. The zero-order valence-corrected chi connectivity index (χ0v) is 11.0. The molecule has 1 atom stereocenters. The van der Waals surface area contributed by atoms with Crippen LogP contribution >= 0.6 is 11.6 Å². The van der Waals surface area contributed by atoms with Crippen molar-refractivity contribution in [1.82, 2.24) is 14.9 Å². The summed E-state index contributed by atoms with van der Waals surface area (Å²) >= 11 is 5.75. The Morgan fingerprint density at radius 3 is 2.71 bits per heavy atom. The molecule has 1 aliphatic heterocycles. The lowest BCUT2D eigenvalue weighted by Crippen LogP contribution is -2.51. The molecule has 6 heteroatoms. The number of piperazine rings is 1. The van der Waals surface area contributed by atoms with Crippen molar-refractivity contribution in [3.8, 4) is 0 Å². The monoisotopic (exact) mass is 258 g/mol. The summed E-state index contributed by atoms with van der Waals surface area (Å²) in [6.45, 7) is 6.31. The summed E-state index contributed by atoms with van der Waals surface area (Å²) in [6, 6.07) is 0.216. The van der Waals surface area contributed by atoms with Gasteiger partial charge in [0.15, 0.2) is 11.0 Å². The third-order valence-corrected chi connectivity index (χ3v) is 3.26. The number of hydrogen-bond acceptors (Lipinski definition) is 4. The topological polar surface area (TPSA) is 32.3 Å². The van der Waals surface area contributed by atoms with E-state index in [1.54, 1.807) is 6.92 Å². The highest BCUT2D eigenvalue weighted by molar-refractivity contribution is 6.29. The van der Waals surface area contributed by atoms with Gasteiger partial charge in [0.25, 0.3) is 0 Å². The van der Waals surface area contributed by atoms with E-state index in [0.29, 0.717) is 11.6 Å². The van der Waals surface area contributed by atoms with E-state index in [1.807, 2.05) is 4.90 Å². The van der Waals surface area contributed by atoms with Crippen LogP contribution in [0.5, 0.6) is 0 Å². The van der Waals surface area contributed by atoms with Crippen LogP contribution in [-0.4, -0.2) is 47.6 Å². The number of nitrogens with zero attached hydrogens (tertiary/aromatic N) is 4. The normalized spacial score (nSPS) is 21.9. The van der Waals surface area contributed by atoms with E-state index < -0.39 is 5.82 Å². The molecule has 0 N–H and O–H groups in total. The molecule has 1 aliphatic rings. The first-order valence-corrected chi connectivity index (χ1v) is 6.01. The Morgan fingerprint density at radius 2 is 2.06 bits per heavy atom. The van der Waals surface area contributed by atoms with Crippen LogP contribution in [0.25, 0.3) is 0 Å². The second kappa shape index (κ2) is 4.74. The minimum absolute atomic E-state index is 0.0985. The molecule has 4 nitrogen and oxygen atoms in total. The number of halogens is 2.